The Morgan fingerprint density at radius 1 is 1.09 bits per heavy atom. The van der Waals surface area contributed by atoms with E-state index in [-0.39, 0.29) is 38.9 Å². The molecule has 4 aliphatic carbocycles. The number of fused-ring (bicyclic) bond motifs is 5. The largest absolute Gasteiger partial charge is 0.478 e. The molecule has 0 spiro atoms. The second-order valence-corrected chi connectivity index (χ2v) is 13.4. The molecule has 0 aliphatic heterocycles. The molecule has 0 saturated heterocycles. The van der Waals surface area contributed by atoms with Crippen molar-refractivity contribution in [3.8, 4) is 0 Å². The molecule has 4 nitrogen and oxygen atoms in total. The molecule has 1 N–H and O–H groups in total. The van der Waals surface area contributed by atoms with Crippen LogP contribution in [-0.2, 0) is 14.4 Å². The number of carbonyl (C=O) groups is 3. The van der Waals surface area contributed by atoms with Crippen LogP contribution in [0, 0.1) is 45.3 Å². The highest BCUT2D eigenvalue weighted by Crippen LogP contribution is 2.71. The van der Waals surface area contributed by atoms with Gasteiger partial charge in [-0.25, -0.2) is 4.79 Å². The minimum atomic E-state index is -1.03. The van der Waals surface area contributed by atoms with Gasteiger partial charge in [-0.05, 0) is 91.4 Å². The number of hydrogen-bond donors (Lipinski definition) is 1. The second-order valence-electron chi connectivity index (χ2n) is 13.4. The van der Waals surface area contributed by atoms with E-state index in [1.807, 2.05) is 0 Å². The highest BCUT2D eigenvalue weighted by Gasteiger charge is 2.63. The minimum absolute atomic E-state index is 0.0702. The summed E-state index contributed by atoms with van der Waals surface area (Å²) < 4.78 is 0. The highest BCUT2D eigenvalue weighted by molar-refractivity contribution is 5.98. The number of rotatable bonds is 5. The van der Waals surface area contributed by atoms with E-state index in [9.17, 15) is 14.4 Å². The van der Waals surface area contributed by atoms with Gasteiger partial charge in [0.05, 0.1) is 0 Å². The lowest BCUT2D eigenvalue weighted by atomic mass is 9.43. The zero-order valence-electron chi connectivity index (χ0n) is 22.3. The first-order valence-electron chi connectivity index (χ1n) is 13.4. The van der Waals surface area contributed by atoms with Crippen LogP contribution in [-0.4, -0.2) is 22.6 Å². The molecule has 3 fully saturated rings. The topological polar surface area (TPSA) is 71.4 Å². The molecule has 0 heterocycles. The Labute approximate surface area is 205 Å². The number of aliphatic carboxylic acids is 1. The van der Waals surface area contributed by atoms with Crippen molar-refractivity contribution >= 4 is 17.5 Å². The zero-order valence-corrected chi connectivity index (χ0v) is 22.3. The van der Waals surface area contributed by atoms with E-state index in [4.69, 9.17) is 5.11 Å². The quantitative estimate of drug-likeness (QED) is 0.356. The number of carbonyl (C=O) groups excluding carboxylic acids is 2. The normalized spacial score (nSPS) is 42.2. The number of ketones is 2. The SMILES string of the molecule is CC(=CC(=O)CC(C)C1(C)CCC2(C)C3=CCC4C(C)(C)C(=O)CCC4(C)C3CCC21)C(=O)O. The molecule has 34 heavy (non-hydrogen) atoms. The van der Waals surface area contributed by atoms with Crippen molar-refractivity contribution in [1.29, 1.82) is 0 Å². The molecule has 0 bridgehead atoms. The summed E-state index contributed by atoms with van der Waals surface area (Å²) in [4.78, 5) is 36.6. The van der Waals surface area contributed by atoms with E-state index < -0.39 is 5.97 Å². The summed E-state index contributed by atoms with van der Waals surface area (Å²) in [5.74, 6) is 1.06. The van der Waals surface area contributed by atoms with E-state index in [0.29, 0.717) is 36.4 Å². The standard InChI is InChI=1S/C30H44O4/c1-18(26(33)34)16-20(31)17-19(2)28(5)14-15-30(7)22-8-10-23-27(3,4)25(32)12-13-29(23,6)21(22)9-11-24(28)30/h8,16,19,21,23-24H,9-15,17H2,1-7H3,(H,33,34). The Bertz CT molecular complexity index is 970. The molecule has 7 atom stereocenters. The summed E-state index contributed by atoms with van der Waals surface area (Å²) in [6.45, 7) is 15.4. The van der Waals surface area contributed by atoms with Gasteiger partial charge in [0.2, 0.25) is 0 Å². The maximum Gasteiger partial charge on any atom is 0.331 e. The number of allylic oxidation sites excluding steroid dienone is 3. The molecule has 188 valence electrons. The van der Waals surface area contributed by atoms with E-state index in [1.165, 1.54) is 25.8 Å². The summed E-state index contributed by atoms with van der Waals surface area (Å²) >= 11 is 0. The van der Waals surface area contributed by atoms with E-state index in [0.717, 1.165) is 25.7 Å². The van der Waals surface area contributed by atoms with Crippen molar-refractivity contribution in [2.24, 2.45) is 45.3 Å². The Balaban J connectivity index is 1.60. The number of hydrogen-bond acceptors (Lipinski definition) is 3. The van der Waals surface area contributed by atoms with Crippen LogP contribution in [0.2, 0.25) is 0 Å². The fourth-order valence-electron chi connectivity index (χ4n) is 9.16. The average Bonchev–Trinajstić information content (AvgIpc) is 3.03. The van der Waals surface area contributed by atoms with Crippen LogP contribution >= 0.6 is 0 Å². The minimum Gasteiger partial charge on any atom is -0.478 e. The molecule has 0 aromatic rings. The lowest BCUT2D eigenvalue weighted by Crippen LogP contribution is -2.56. The molecule has 7 unspecified atom stereocenters. The van der Waals surface area contributed by atoms with Crippen LogP contribution in [0.15, 0.2) is 23.3 Å². The van der Waals surface area contributed by atoms with E-state index >= 15 is 0 Å². The third-order valence-electron chi connectivity index (χ3n) is 11.5. The summed E-state index contributed by atoms with van der Waals surface area (Å²) in [6.07, 6.45) is 11.6. The summed E-state index contributed by atoms with van der Waals surface area (Å²) in [5, 5.41) is 9.13. The van der Waals surface area contributed by atoms with Crippen LogP contribution in [0.25, 0.3) is 0 Å². The van der Waals surface area contributed by atoms with Crippen LogP contribution in [0.4, 0.5) is 0 Å². The van der Waals surface area contributed by atoms with Gasteiger partial charge in [0.1, 0.15) is 5.78 Å². The molecule has 0 aromatic carbocycles. The smallest absolute Gasteiger partial charge is 0.331 e. The molecule has 3 saturated carbocycles. The monoisotopic (exact) mass is 468 g/mol. The van der Waals surface area contributed by atoms with Gasteiger partial charge in [-0.15, -0.1) is 0 Å². The second kappa shape index (κ2) is 8.17. The van der Waals surface area contributed by atoms with Crippen molar-refractivity contribution in [3.05, 3.63) is 23.3 Å². The summed E-state index contributed by atoms with van der Waals surface area (Å²) in [6, 6.07) is 0. The first-order valence-corrected chi connectivity index (χ1v) is 13.4. The van der Waals surface area contributed by atoms with Gasteiger partial charge >= 0.3 is 5.97 Å². The molecule has 4 rings (SSSR count). The van der Waals surface area contributed by atoms with Gasteiger partial charge in [-0.1, -0.05) is 53.2 Å². The highest BCUT2D eigenvalue weighted by atomic mass is 16.4. The molecule has 0 radical (unpaired) electrons. The first kappa shape index (κ1) is 25.4. The Kier molecular flexibility index (Phi) is 6.10. The van der Waals surface area contributed by atoms with Crippen LogP contribution < -0.4 is 0 Å². The predicted molar refractivity (Wildman–Crippen MR) is 134 cm³/mol. The lowest BCUT2D eigenvalue weighted by Gasteiger charge is -2.61. The molecular formula is C30H44O4. The number of Topliss-reactive ketones (excluding diaryl/α,β-unsaturated/α-hetero) is 1. The summed E-state index contributed by atoms with van der Waals surface area (Å²) in [5.41, 5.74) is 1.93. The molecule has 4 aliphatic rings. The Morgan fingerprint density at radius 3 is 2.41 bits per heavy atom. The molecule has 4 heteroatoms. The molecule has 0 aromatic heterocycles. The maximum absolute atomic E-state index is 12.8. The summed E-state index contributed by atoms with van der Waals surface area (Å²) in [7, 11) is 0. The van der Waals surface area contributed by atoms with E-state index in [2.05, 4.69) is 47.6 Å². The van der Waals surface area contributed by atoms with Gasteiger partial charge in [0, 0.05) is 23.8 Å². The Hall–Kier alpha value is -1.71. The van der Waals surface area contributed by atoms with Gasteiger partial charge in [-0.2, -0.15) is 0 Å². The number of carboxylic acid groups (broad SMARTS) is 1. The van der Waals surface area contributed by atoms with Crippen molar-refractivity contribution in [2.75, 3.05) is 0 Å². The van der Waals surface area contributed by atoms with Crippen molar-refractivity contribution in [1.82, 2.24) is 0 Å². The van der Waals surface area contributed by atoms with Gasteiger partial charge in [0.25, 0.3) is 0 Å². The average molecular weight is 469 g/mol. The van der Waals surface area contributed by atoms with Crippen LogP contribution in [0.5, 0.6) is 0 Å². The third kappa shape index (κ3) is 3.57. The van der Waals surface area contributed by atoms with Gasteiger partial charge in [-0.3, -0.25) is 9.59 Å². The van der Waals surface area contributed by atoms with Crippen molar-refractivity contribution in [3.63, 3.8) is 0 Å². The third-order valence-corrected chi connectivity index (χ3v) is 11.5. The fraction of sp³-hybridized carbons (Fsp3) is 0.767. The van der Waals surface area contributed by atoms with Crippen molar-refractivity contribution in [2.45, 2.75) is 99.8 Å². The zero-order chi connectivity index (χ0) is 25.3. The van der Waals surface area contributed by atoms with Crippen molar-refractivity contribution < 1.29 is 19.5 Å². The first-order chi connectivity index (χ1) is 15.7. The Morgan fingerprint density at radius 2 is 1.76 bits per heavy atom. The number of carboxylic acids is 1. The van der Waals surface area contributed by atoms with Crippen LogP contribution in [0.3, 0.4) is 0 Å². The van der Waals surface area contributed by atoms with Gasteiger partial charge < -0.3 is 5.11 Å². The van der Waals surface area contributed by atoms with Gasteiger partial charge in [0.15, 0.2) is 5.78 Å². The molecule has 0 amide bonds. The van der Waals surface area contributed by atoms with Crippen LogP contribution in [0.1, 0.15) is 99.8 Å². The molecular weight excluding hydrogens is 424 g/mol. The fourth-order valence-corrected chi connectivity index (χ4v) is 9.16. The lowest BCUT2D eigenvalue weighted by molar-refractivity contribution is -0.145. The predicted octanol–water partition coefficient (Wildman–Crippen LogP) is 6.79. The maximum atomic E-state index is 12.8. The van der Waals surface area contributed by atoms with E-state index in [1.54, 1.807) is 5.57 Å².